The van der Waals surface area contributed by atoms with Gasteiger partial charge in [0.2, 0.25) is 0 Å². The Labute approximate surface area is 181 Å². The van der Waals surface area contributed by atoms with Gasteiger partial charge in [-0.3, -0.25) is 4.79 Å². The molecule has 6 nitrogen and oxygen atoms in total. The van der Waals surface area contributed by atoms with Gasteiger partial charge in [-0.1, -0.05) is 23.7 Å². The molecule has 0 saturated heterocycles. The summed E-state index contributed by atoms with van der Waals surface area (Å²) >= 11 is 8.30. The van der Waals surface area contributed by atoms with Crippen molar-refractivity contribution in [2.24, 2.45) is 0 Å². The van der Waals surface area contributed by atoms with Gasteiger partial charge in [0.25, 0.3) is 5.56 Å². The molecule has 3 aromatic rings. The maximum atomic E-state index is 12.4. The van der Waals surface area contributed by atoms with Crippen LogP contribution in [0.15, 0.2) is 53.6 Å². The maximum Gasteiger partial charge on any atom is 0.289 e. The van der Waals surface area contributed by atoms with Gasteiger partial charge in [-0.05, 0) is 73.2 Å². The van der Waals surface area contributed by atoms with Gasteiger partial charge in [0.05, 0.1) is 11.7 Å². The summed E-state index contributed by atoms with van der Waals surface area (Å²) in [5.41, 5.74) is 0.0760. The van der Waals surface area contributed by atoms with E-state index >= 15 is 0 Å². The van der Waals surface area contributed by atoms with E-state index in [0.717, 1.165) is 9.26 Å². The highest BCUT2D eigenvalue weighted by molar-refractivity contribution is 14.1. The first-order valence-corrected chi connectivity index (χ1v) is 10.00. The van der Waals surface area contributed by atoms with E-state index in [1.54, 1.807) is 6.20 Å². The van der Waals surface area contributed by atoms with E-state index in [1.165, 1.54) is 10.9 Å². The fraction of sp³-hybridized carbons (Fsp3) is 0.250. The van der Waals surface area contributed by atoms with Gasteiger partial charge >= 0.3 is 0 Å². The molecule has 0 aliphatic rings. The summed E-state index contributed by atoms with van der Waals surface area (Å²) in [7, 11) is 0. The lowest BCUT2D eigenvalue weighted by Crippen LogP contribution is -2.36. The molecule has 0 N–H and O–H groups in total. The highest BCUT2D eigenvalue weighted by Crippen LogP contribution is 2.26. The standard InChI is InChI=1S/C20H19ClIN3O3/c1-20(2,3)25-19(26)17(21)16(11-24-25)27-12-13-6-8-14(9-7-13)28-15-5-4-10-23-18(15)22/h4-11H,12H2,1-3H3. The molecule has 0 atom stereocenters. The molecule has 1 aromatic carbocycles. The molecule has 0 fully saturated rings. The number of hydrogen-bond acceptors (Lipinski definition) is 5. The maximum absolute atomic E-state index is 12.4. The zero-order chi connectivity index (χ0) is 20.3. The number of ether oxygens (including phenoxy) is 2. The summed E-state index contributed by atoms with van der Waals surface area (Å²) in [4.78, 5) is 16.5. The van der Waals surface area contributed by atoms with Crippen LogP contribution in [0, 0.1) is 3.70 Å². The third-order valence-corrected chi connectivity index (χ3v) is 4.95. The first-order chi connectivity index (χ1) is 13.3. The minimum atomic E-state index is -0.457. The average molecular weight is 512 g/mol. The molecule has 0 bridgehead atoms. The molecule has 2 aromatic heterocycles. The zero-order valence-electron chi connectivity index (χ0n) is 15.6. The second-order valence-electron chi connectivity index (χ2n) is 7.04. The molecule has 28 heavy (non-hydrogen) atoms. The van der Waals surface area contributed by atoms with Crippen molar-refractivity contribution in [1.82, 2.24) is 14.8 Å². The Bertz CT molecular complexity index is 1030. The van der Waals surface area contributed by atoms with E-state index in [2.05, 4.69) is 32.7 Å². The van der Waals surface area contributed by atoms with Crippen LogP contribution in [0.3, 0.4) is 0 Å². The van der Waals surface area contributed by atoms with Crippen molar-refractivity contribution in [3.63, 3.8) is 0 Å². The van der Waals surface area contributed by atoms with Crippen LogP contribution in [0.2, 0.25) is 5.02 Å². The quantitative estimate of drug-likeness (QED) is 0.355. The predicted molar refractivity (Wildman–Crippen MR) is 116 cm³/mol. The van der Waals surface area contributed by atoms with Crippen LogP contribution < -0.4 is 15.0 Å². The molecular weight excluding hydrogens is 493 g/mol. The Balaban J connectivity index is 1.68. The summed E-state index contributed by atoms with van der Waals surface area (Å²) < 4.78 is 13.6. The summed E-state index contributed by atoms with van der Waals surface area (Å²) in [6.45, 7) is 5.91. The van der Waals surface area contributed by atoms with E-state index in [1.807, 2.05) is 57.2 Å². The average Bonchev–Trinajstić information content (AvgIpc) is 2.65. The Morgan fingerprint density at radius 2 is 1.86 bits per heavy atom. The van der Waals surface area contributed by atoms with Crippen LogP contribution in [-0.4, -0.2) is 14.8 Å². The van der Waals surface area contributed by atoms with Gasteiger partial charge in [0.1, 0.15) is 16.1 Å². The number of nitrogens with zero attached hydrogens (tertiary/aromatic N) is 3. The molecule has 0 spiro atoms. The summed E-state index contributed by atoms with van der Waals surface area (Å²) in [5, 5.41) is 4.18. The molecule has 0 aliphatic heterocycles. The van der Waals surface area contributed by atoms with Crippen molar-refractivity contribution in [2.75, 3.05) is 0 Å². The smallest absolute Gasteiger partial charge is 0.289 e. The van der Waals surface area contributed by atoms with Gasteiger partial charge in [-0.15, -0.1) is 0 Å². The van der Waals surface area contributed by atoms with Crippen molar-refractivity contribution in [1.29, 1.82) is 0 Å². The van der Waals surface area contributed by atoms with Crippen LogP contribution in [0.1, 0.15) is 26.3 Å². The summed E-state index contributed by atoms with van der Waals surface area (Å²) in [6.07, 6.45) is 3.19. The molecule has 8 heteroatoms. The molecule has 0 amide bonds. The van der Waals surface area contributed by atoms with Gasteiger partial charge in [0.15, 0.2) is 16.5 Å². The monoisotopic (exact) mass is 511 g/mol. The number of hydrogen-bond donors (Lipinski definition) is 0. The molecule has 0 aliphatic carbocycles. The molecule has 3 rings (SSSR count). The lowest BCUT2D eigenvalue weighted by Gasteiger charge is -2.21. The van der Waals surface area contributed by atoms with Crippen LogP contribution in [0.4, 0.5) is 0 Å². The Morgan fingerprint density at radius 3 is 2.50 bits per heavy atom. The largest absolute Gasteiger partial charge is 0.485 e. The molecule has 0 radical (unpaired) electrons. The van der Waals surface area contributed by atoms with E-state index in [9.17, 15) is 4.79 Å². The highest BCUT2D eigenvalue weighted by Gasteiger charge is 2.20. The SMILES string of the molecule is CC(C)(C)n1ncc(OCc2ccc(Oc3cccnc3I)cc2)c(Cl)c1=O. The third kappa shape index (κ3) is 4.82. The van der Waals surface area contributed by atoms with Gasteiger partial charge < -0.3 is 9.47 Å². The van der Waals surface area contributed by atoms with Gasteiger partial charge in [-0.2, -0.15) is 5.10 Å². The van der Waals surface area contributed by atoms with E-state index in [-0.39, 0.29) is 22.9 Å². The fourth-order valence-electron chi connectivity index (χ4n) is 2.39. The first-order valence-electron chi connectivity index (χ1n) is 8.54. The summed E-state index contributed by atoms with van der Waals surface area (Å²) in [5.74, 6) is 1.66. The lowest BCUT2D eigenvalue weighted by atomic mass is 10.1. The number of halogens is 2. The minimum absolute atomic E-state index is 0.0241. The van der Waals surface area contributed by atoms with Crippen molar-refractivity contribution in [3.8, 4) is 17.2 Å². The predicted octanol–water partition coefficient (Wildman–Crippen LogP) is 5.02. The molecule has 0 unspecified atom stereocenters. The van der Waals surface area contributed by atoms with Crippen LogP contribution in [-0.2, 0) is 12.1 Å². The Morgan fingerprint density at radius 1 is 1.14 bits per heavy atom. The molecule has 146 valence electrons. The molecular formula is C20H19ClIN3O3. The molecule has 2 heterocycles. The van der Waals surface area contributed by atoms with Crippen LogP contribution in [0.5, 0.6) is 17.2 Å². The van der Waals surface area contributed by atoms with Crippen LogP contribution >= 0.6 is 34.2 Å². The van der Waals surface area contributed by atoms with Crippen molar-refractivity contribution < 1.29 is 9.47 Å². The number of pyridine rings is 1. The van der Waals surface area contributed by atoms with Gasteiger partial charge in [0, 0.05) is 6.20 Å². The number of rotatable bonds is 5. The van der Waals surface area contributed by atoms with Crippen molar-refractivity contribution in [3.05, 3.63) is 73.4 Å². The Kier molecular flexibility index (Phi) is 6.24. The first kappa shape index (κ1) is 20.6. The van der Waals surface area contributed by atoms with E-state index < -0.39 is 5.54 Å². The second kappa shape index (κ2) is 8.48. The number of benzene rings is 1. The number of aromatic nitrogens is 3. The van der Waals surface area contributed by atoms with Gasteiger partial charge in [-0.25, -0.2) is 9.67 Å². The summed E-state index contributed by atoms with van der Waals surface area (Å²) in [6, 6.07) is 11.1. The normalized spacial score (nSPS) is 11.3. The van der Waals surface area contributed by atoms with Crippen molar-refractivity contribution in [2.45, 2.75) is 32.9 Å². The Hall–Kier alpha value is -2.13. The van der Waals surface area contributed by atoms with E-state index in [0.29, 0.717) is 11.5 Å². The highest BCUT2D eigenvalue weighted by atomic mass is 127. The topological polar surface area (TPSA) is 66.2 Å². The van der Waals surface area contributed by atoms with Crippen LogP contribution in [0.25, 0.3) is 0 Å². The van der Waals surface area contributed by atoms with E-state index in [4.69, 9.17) is 21.1 Å². The molecule has 0 saturated carbocycles. The fourth-order valence-corrected chi connectivity index (χ4v) is 3.02. The lowest BCUT2D eigenvalue weighted by molar-refractivity contribution is 0.292. The minimum Gasteiger partial charge on any atom is -0.485 e. The zero-order valence-corrected chi connectivity index (χ0v) is 18.6. The second-order valence-corrected chi connectivity index (χ2v) is 8.44. The third-order valence-electron chi connectivity index (χ3n) is 3.79. The van der Waals surface area contributed by atoms with Crippen molar-refractivity contribution >= 4 is 34.2 Å².